The minimum Gasteiger partial charge on any atom is -0.337 e. The molecule has 0 atom stereocenters. The highest BCUT2D eigenvalue weighted by atomic mass is 16.7. The van der Waals surface area contributed by atoms with Crippen LogP contribution in [-0.4, -0.2) is 10.7 Å². The van der Waals surface area contributed by atoms with Gasteiger partial charge in [-0.05, 0) is 0 Å². The van der Waals surface area contributed by atoms with Gasteiger partial charge in [0.15, 0.2) is 5.43 Å². The predicted octanol–water partition coefficient (Wildman–Crippen LogP) is -0.177. The zero-order chi connectivity index (χ0) is 8.27. The second kappa shape index (κ2) is 3.01. The zero-order valence-electron chi connectivity index (χ0n) is 5.98. The van der Waals surface area contributed by atoms with Gasteiger partial charge in [-0.3, -0.25) is 4.79 Å². The van der Waals surface area contributed by atoms with Crippen LogP contribution >= 0.6 is 0 Å². The molecule has 1 aromatic rings. The average molecular weight is 153 g/mol. The molecule has 0 fully saturated rings. The summed E-state index contributed by atoms with van der Waals surface area (Å²) in [4.78, 5) is 25.5. The number of aromatic nitrogens is 1. The summed E-state index contributed by atoms with van der Waals surface area (Å²) in [5, 5.41) is 0. The predicted molar refractivity (Wildman–Crippen MR) is 38.0 cm³/mol. The Bertz CT molecular complexity index is 295. The summed E-state index contributed by atoms with van der Waals surface area (Å²) in [6.07, 6.45) is 2.76. The van der Waals surface area contributed by atoms with Crippen LogP contribution < -0.4 is 10.3 Å². The average Bonchev–Trinajstić information content (AvgIpc) is 1.93. The number of carbonyl (C=O) groups is 1. The molecule has 0 saturated heterocycles. The smallest absolute Gasteiger partial charge is 0.329 e. The Hall–Kier alpha value is -1.58. The standard InChI is InChI=1S/C7H7NO3/c1-6(9)11-8-4-2-7(10)3-5-8/h2-5H,1H3. The minimum absolute atomic E-state index is 0.117. The van der Waals surface area contributed by atoms with Crippen LogP contribution in [0.4, 0.5) is 0 Å². The molecule has 0 unspecified atom stereocenters. The van der Waals surface area contributed by atoms with Gasteiger partial charge in [-0.1, -0.05) is 0 Å². The van der Waals surface area contributed by atoms with Crippen LogP contribution in [0.15, 0.2) is 29.3 Å². The van der Waals surface area contributed by atoms with Gasteiger partial charge >= 0.3 is 5.97 Å². The molecule has 0 amide bonds. The van der Waals surface area contributed by atoms with Crippen LogP contribution in [0.1, 0.15) is 6.92 Å². The number of rotatable bonds is 1. The molecule has 58 valence electrons. The van der Waals surface area contributed by atoms with Gasteiger partial charge in [-0.25, -0.2) is 4.79 Å². The second-order valence-corrected chi connectivity index (χ2v) is 1.98. The third kappa shape index (κ3) is 2.25. The first-order valence-corrected chi connectivity index (χ1v) is 3.06. The van der Waals surface area contributed by atoms with Gasteiger partial charge in [0.05, 0.1) is 0 Å². The van der Waals surface area contributed by atoms with Crippen molar-refractivity contribution in [1.82, 2.24) is 4.73 Å². The number of pyridine rings is 1. The van der Waals surface area contributed by atoms with Crippen molar-refractivity contribution >= 4 is 5.97 Å². The Balaban J connectivity index is 2.82. The maximum Gasteiger partial charge on any atom is 0.329 e. The monoisotopic (exact) mass is 153 g/mol. The molecule has 4 nitrogen and oxygen atoms in total. The van der Waals surface area contributed by atoms with Crippen LogP contribution in [0.3, 0.4) is 0 Å². The molecule has 4 heteroatoms. The molecule has 0 aliphatic heterocycles. The lowest BCUT2D eigenvalue weighted by Crippen LogP contribution is -2.17. The van der Waals surface area contributed by atoms with Crippen molar-refractivity contribution in [3.8, 4) is 0 Å². The fourth-order valence-electron chi connectivity index (χ4n) is 0.608. The molecule has 0 spiro atoms. The highest BCUT2D eigenvalue weighted by molar-refractivity contribution is 5.66. The first-order valence-electron chi connectivity index (χ1n) is 3.06. The Morgan fingerprint density at radius 2 is 2.00 bits per heavy atom. The lowest BCUT2D eigenvalue weighted by Gasteiger charge is -2.01. The molecule has 0 bridgehead atoms. The van der Waals surface area contributed by atoms with E-state index in [9.17, 15) is 9.59 Å². The number of hydrogen-bond donors (Lipinski definition) is 0. The Morgan fingerprint density at radius 1 is 1.45 bits per heavy atom. The van der Waals surface area contributed by atoms with Crippen LogP contribution in [0, 0.1) is 0 Å². The Kier molecular flexibility index (Phi) is 2.06. The van der Waals surface area contributed by atoms with E-state index in [-0.39, 0.29) is 5.43 Å². The molecule has 0 aliphatic carbocycles. The third-order valence-corrected chi connectivity index (χ3v) is 1.01. The van der Waals surface area contributed by atoms with Crippen molar-refractivity contribution in [2.45, 2.75) is 6.92 Å². The van der Waals surface area contributed by atoms with Crippen molar-refractivity contribution in [1.29, 1.82) is 0 Å². The third-order valence-electron chi connectivity index (χ3n) is 1.01. The van der Waals surface area contributed by atoms with Gasteiger partial charge in [0.1, 0.15) is 0 Å². The van der Waals surface area contributed by atoms with Crippen molar-refractivity contribution in [2.75, 3.05) is 0 Å². The van der Waals surface area contributed by atoms with Crippen LogP contribution in [-0.2, 0) is 4.79 Å². The summed E-state index contributed by atoms with van der Waals surface area (Å²) in [5.41, 5.74) is -0.117. The van der Waals surface area contributed by atoms with Gasteiger partial charge in [-0.2, -0.15) is 4.73 Å². The fraction of sp³-hybridized carbons (Fsp3) is 0.143. The molecule has 11 heavy (non-hydrogen) atoms. The topological polar surface area (TPSA) is 48.3 Å². The fourth-order valence-corrected chi connectivity index (χ4v) is 0.608. The van der Waals surface area contributed by atoms with E-state index in [1.54, 1.807) is 0 Å². The maximum absolute atomic E-state index is 10.6. The van der Waals surface area contributed by atoms with Gasteiger partial charge in [0.2, 0.25) is 0 Å². The summed E-state index contributed by atoms with van der Waals surface area (Å²) < 4.78 is 1.17. The first kappa shape index (κ1) is 7.53. The Morgan fingerprint density at radius 3 is 2.45 bits per heavy atom. The lowest BCUT2D eigenvalue weighted by molar-refractivity contribution is -0.141. The van der Waals surface area contributed by atoms with Gasteiger partial charge < -0.3 is 4.84 Å². The second-order valence-electron chi connectivity index (χ2n) is 1.98. The largest absolute Gasteiger partial charge is 0.337 e. The molecule has 0 aliphatic rings. The summed E-state index contributed by atoms with van der Waals surface area (Å²) >= 11 is 0. The lowest BCUT2D eigenvalue weighted by atomic mass is 10.5. The molecule has 1 heterocycles. The molecule has 0 saturated carbocycles. The van der Waals surface area contributed by atoms with E-state index in [1.807, 2.05) is 0 Å². The van der Waals surface area contributed by atoms with E-state index in [4.69, 9.17) is 0 Å². The first-order chi connectivity index (χ1) is 5.18. The van der Waals surface area contributed by atoms with Crippen LogP contribution in [0.5, 0.6) is 0 Å². The molecule has 1 rings (SSSR count). The molecule has 0 radical (unpaired) electrons. The highest BCUT2D eigenvalue weighted by Crippen LogP contribution is 1.78. The highest BCUT2D eigenvalue weighted by Gasteiger charge is 1.91. The van der Waals surface area contributed by atoms with Gasteiger partial charge in [0.25, 0.3) is 0 Å². The van der Waals surface area contributed by atoms with E-state index >= 15 is 0 Å². The van der Waals surface area contributed by atoms with Crippen molar-refractivity contribution in [2.24, 2.45) is 0 Å². The number of nitrogens with zero attached hydrogens (tertiary/aromatic N) is 1. The van der Waals surface area contributed by atoms with E-state index in [0.717, 1.165) is 0 Å². The van der Waals surface area contributed by atoms with Crippen molar-refractivity contribution in [3.63, 3.8) is 0 Å². The number of carbonyl (C=O) groups excluding carboxylic acids is 1. The molecule has 0 aromatic carbocycles. The van der Waals surface area contributed by atoms with Gasteiger partial charge in [-0.15, -0.1) is 0 Å². The van der Waals surface area contributed by atoms with Crippen molar-refractivity contribution in [3.05, 3.63) is 34.7 Å². The summed E-state index contributed by atoms with van der Waals surface area (Å²) in [5.74, 6) is -0.423. The molecular weight excluding hydrogens is 146 g/mol. The van der Waals surface area contributed by atoms with Crippen LogP contribution in [0.25, 0.3) is 0 Å². The van der Waals surface area contributed by atoms with Crippen LogP contribution in [0.2, 0.25) is 0 Å². The summed E-state index contributed by atoms with van der Waals surface area (Å²) in [7, 11) is 0. The number of hydrogen-bond acceptors (Lipinski definition) is 3. The van der Waals surface area contributed by atoms with E-state index in [1.165, 1.54) is 36.2 Å². The normalized spacial score (nSPS) is 9.18. The molecule has 0 N–H and O–H groups in total. The van der Waals surface area contributed by atoms with E-state index < -0.39 is 5.97 Å². The van der Waals surface area contributed by atoms with E-state index in [0.29, 0.717) is 0 Å². The van der Waals surface area contributed by atoms with E-state index in [2.05, 4.69) is 4.84 Å². The van der Waals surface area contributed by atoms with Gasteiger partial charge in [0, 0.05) is 31.5 Å². The summed E-state index contributed by atoms with van der Waals surface area (Å²) in [6, 6.07) is 2.62. The molecule has 1 aromatic heterocycles. The Labute approximate surface area is 63.0 Å². The maximum atomic E-state index is 10.6. The summed E-state index contributed by atoms with van der Waals surface area (Å²) in [6.45, 7) is 1.29. The minimum atomic E-state index is -0.423. The molecular formula is C7H7NO3. The quantitative estimate of drug-likeness (QED) is 0.562. The SMILES string of the molecule is CC(=O)On1ccc(=O)cc1. The van der Waals surface area contributed by atoms with Crippen molar-refractivity contribution < 1.29 is 9.63 Å². The zero-order valence-corrected chi connectivity index (χ0v) is 5.98.